The predicted octanol–water partition coefficient (Wildman–Crippen LogP) is 1.38. The van der Waals surface area contributed by atoms with Crippen LogP contribution in [0.15, 0.2) is 30.3 Å². The molecule has 2 amide bonds. The van der Waals surface area contributed by atoms with Gasteiger partial charge in [-0.2, -0.15) is 0 Å². The molecule has 16 heavy (non-hydrogen) atoms. The number of hydrogen-bond donors (Lipinski definition) is 1. The first-order chi connectivity index (χ1) is 7.74. The van der Waals surface area contributed by atoms with Crippen LogP contribution in [0.3, 0.4) is 0 Å². The van der Waals surface area contributed by atoms with Gasteiger partial charge in [0.25, 0.3) is 5.24 Å². The van der Waals surface area contributed by atoms with Gasteiger partial charge in [0.05, 0.1) is 0 Å². The van der Waals surface area contributed by atoms with E-state index in [-0.39, 0.29) is 11.1 Å². The molecule has 1 aliphatic heterocycles. The maximum absolute atomic E-state index is 11.9. The molecule has 0 unspecified atom stereocenters. The molecule has 1 atom stereocenters. The quantitative estimate of drug-likeness (QED) is 0.861. The van der Waals surface area contributed by atoms with Gasteiger partial charge < -0.3 is 5.73 Å². The van der Waals surface area contributed by atoms with Crippen molar-refractivity contribution in [2.75, 3.05) is 13.1 Å². The van der Waals surface area contributed by atoms with Crippen LogP contribution in [0.4, 0.5) is 4.79 Å². The summed E-state index contributed by atoms with van der Waals surface area (Å²) in [5.74, 6) is -0.161. The molecule has 0 spiro atoms. The number of rotatable bonds is 3. The molecule has 0 saturated carbocycles. The number of carbonyl (C=O) groups is 2. The van der Waals surface area contributed by atoms with E-state index < -0.39 is 5.25 Å². The molecular weight excluding hydrogens is 224 g/mol. The molecule has 1 aliphatic rings. The minimum atomic E-state index is -0.403. The van der Waals surface area contributed by atoms with Crippen LogP contribution in [0.5, 0.6) is 0 Å². The molecule has 1 saturated heterocycles. The van der Waals surface area contributed by atoms with Crippen molar-refractivity contribution in [2.45, 2.75) is 5.25 Å². The van der Waals surface area contributed by atoms with Crippen LogP contribution >= 0.6 is 11.8 Å². The van der Waals surface area contributed by atoms with Crippen molar-refractivity contribution in [3.63, 3.8) is 0 Å². The van der Waals surface area contributed by atoms with Gasteiger partial charge in [-0.05, 0) is 17.3 Å². The van der Waals surface area contributed by atoms with Crippen LogP contribution in [0, 0.1) is 0 Å². The lowest BCUT2D eigenvalue weighted by molar-refractivity contribution is -0.126. The van der Waals surface area contributed by atoms with E-state index in [9.17, 15) is 9.59 Å². The zero-order valence-corrected chi connectivity index (χ0v) is 9.44. The molecule has 5 heteroatoms. The molecule has 2 N–H and O–H groups in total. The van der Waals surface area contributed by atoms with Gasteiger partial charge >= 0.3 is 0 Å². The highest BCUT2D eigenvalue weighted by Crippen LogP contribution is 2.38. The summed E-state index contributed by atoms with van der Waals surface area (Å²) in [7, 11) is 0. The van der Waals surface area contributed by atoms with Crippen LogP contribution in [0.1, 0.15) is 10.8 Å². The van der Waals surface area contributed by atoms with E-state index in [0.717, 1.165) is 17.3 Å². The number of nitrogens with two attached hydrogens (primary N) is 1. The minimum Gasteiger partial charge on any atom is -0.329 e. The van der Waals surface area contributed by atoms with E-state index in [1.54, 1.807) is 0 Å². The van der Waals surface area contributed by atoms with E-state index in [1.807, 2.05) is 30.3 Å². The van der Waals surface area contributed by atoms with Crippen molar-refractivity contribution >= 4 is 22.9 Å². The molecule has 0 radical (unpaired) electrons. The van der Waals surface area contributed by atoms with E-state index in [4.69, 9.17) is 5.73 Å². The van der Waals surface area contributed by atoms with Crippen LogP contribution in [-0.2, 0) is 4.79 Å². The fourth-order valence-corrected chi connectivity index (χ4v) is 2.65. The van der Waals surface area contributed by atoms with Gasteiger partial charge in [0, 0.05) is 13.1 Å². The van der Waals surface area contributed by atoms with Crippen LogP contribution in [-0.4, -0.2) is 29.1 Å². The predicted molar refractivity (Wildman–Crippen MR) is 62.9 cm³/mol. The largest absolute Gasteiger partial charge is 0.329 e. The minimum absolute atomic E-state index is 0.161. The average Bonchev–Trinajstić information content (AvgIpc) is 2.59. The van der Waals surface area contributed by atoms with Gasteiger partial charge in [0.15, 0.2) is 0 Å². The van der Waals surface area contributed by atoms with Crippen LogP contribution < -0.4 is 5.73 Å². The number of imide groups is 1. The molecule has 84 valence electrons. The van der Waals surface area contributed by atoms with Crippen molar-refractivity contribution in [2.24, 2.45) is 5.73 Å². The third-order valence-corrected chi connectivity index (χ3v) is 3.52. The lowest BCUT2D eigenvalue weighted by atomic mass is 10.1. The Balaban J connectivity index is 2.21. The van der Waals surface area contributed by atoms with E-state index in [2.05, 4.69) is 0 Å². The number of amides is 2. The lowest BCUT2D eigenvalue weighted by Crippen LogP contribution is -2.34. The highest BCUT2D eigenvalue weighted by molar-refractivity contribution is 8.14. The zero-order chi connectivity index (χ0) is 11.5. The second kappa shape index (κ2) is 4.67. The Kier molecular flexibility index (Phi) is 3.26. The number of thioether (sulfide) groups is 1. The number of benzene rings is 1. The van der Waals surface area contributed by atoms with Crippen molar-refractivity contribution in [1.29, 1.82) is 0 Å². The highest BCUT2D eigenvalue weighted by Gasteiger charge is 2.39. The molecule has 1 aromatic rings. The molecule has 4 nitrogen and oxygen atoms in total. The first kappa shape index (κ1) is 11.2. The standard InChI is InChI=1S/C11H12N2O2S/c12-6-7-13-10(14)9(16-11(13)15)8-4-2-1-3-5-8/h1-5,9H,6-7,12H2/t9-/m1/s1. The average molecular weight is 236 g/mol. The molecule has 0 aromatic heterocycles. The fraction of sp³-hybridized carbons (Fsp3) is 0.273. The van der Waals surface area contributed by atoms with Crippen LogP contribution in [0.25, 0.3) is 0 Å². The Labute approximate surface area is 97.8 Å². The third-order valence-electron chi connectivity index (χ3n) is 2.38. The SMILES string of the molecule is NCCN1C(=O)S[C@H](c2ccccc2)C1=O. The second-order valence-electron chi connectivity index (χ2n) is 3.45. The highest BCUT2D eigenvalue weighted by atomic mass is 32.2. The summed E-state index contributed by atoms with van der Waals surface area (Å²) >= 11 is 1.06. The summed E-state index contributed by atoms with van der Waals surface area (Å²) < 4.78 is 0. The molecule has 1 aromatic carbocycles. The Bertz CT molecular complexity index is 408. The summed E-state index contributed by atoms with van der Waals surface area (Å²) in [6.07, 6.45) is 0. The van der Waals surface area contributed by atoms with Crippen LogP contribution in [0.2, 0.25) is 0 Å². The first-order valence-electron chi connectivity index (χ1n) is 5.01. The summed E-state index contributed by atoms with van der Waals surface area (Å²) in [6, 6.07) is 9.31. The van der Waals surface area contributed by atoms with Gasteiger partial charge in [-0.1, -0.05) is 30.3 Å². The second-order valence-corrected chi connectivity index (χ2v) is 4.51. The molecule has 0 bridgehead atoms. The topological polar surface area (TPSA) is 63.4 Å². The van der Waals surface area contributed by atoms with Gasteiger partial charge in [-0.25, -0.2) is 0 Å². The molecule has 0 aliphatic carbocycles. The molecule has 2 rings (SSSR count). The Morgan fingerprint density at radius 1 is 1.25 bits per heavy atom. The molecular formula is C11H12N2O2S. The summed E-state index contributed by atoms with van der Waals surface area (Å²) in [5.41, 5.74) is 6.23. The van der Waals surface area contributed by atoms with E-state index in [1.165, 1.54) is 4.90 Å². The van der Waals surface area contributed by atoms with Gasteiger partial charge in [0.1, 0.15) is 5.25 Å². The Morgan fingerprint density at radius 2 is 1.94 bits per heavy atom. The maximum atomic E-state index is 11.9. The summed E-state index contributed by atoms with van der Waals surface area (Å²) in [4.78, 5) is 24.7. The number of nitrogens with zero attached hydrogens (tertiary/aromatic N) is 1. The van der Waals surface area contributed by atoms with Gasteiger partial charge in [0.2, 0.25) is 5.91 Å². The Morgan fingerprint density at radius 3 is 2.56 bits per heavy atom. The zero-order valence-electron chi connectivity index (χ0n) is 8.63. The normalized spacial score (nSPS) is 20.6. The summed E-state index contributed by atoms with van der Waals surface area (Å²) in [6.45, 7) is 0.605. The molecule has 1 heterocycles. The Hall–Kier alpha value is -1.33. The smallest absolute Gasteiger partial charge is 0.289 e. The van der Waals surface area contributed by atoms with Crippen molar-refractivity contribution in [3.05, 3.63) is 35.9 Å². The van der Waals surface area contributed by atoms with Crippen molar-refractivity contribution in [1.82, 2.24) is 4.90 Å². The molecule has 1 fully saturated rings. The maximum Gasteiger partial charge on any atom is 0.289 e. The van der Waals surface area contributed by atoms with Gasteiger partial charge in [-0.15, -0.1) is 0 Å². The fourth-order valence-electron chi connectivity index (χ4n) is 1.62. The summed E-state index contributed by atoms with van der Waals surface area (Å²) in [5, 5.41) is -0.607. The van der Waals surface area contributed by atoms with Crippen molar-refractivity contribution in [3.8, 4) is 0 Å². The first-order valence-corrected chi connectivity index (χ1v) is 5.89. The third kappa shape index (κ3) is 1.96. The monoisotopic (exact) mass is 236 g/mol. The lowest BCUT2D eigenvalue weighted by Gasteiger charge is -2.11. The van der Waals surface area contributed by atoms with E-state index >= 15 is 0 Å². The van der Waals surface area contributed by atoms with Gasteiger partial charge in [-0.3, -0.25) is 14.5 Å². The number of carbonyl (C=O) groups excluding carboxylic acids is 2. The van der Waals surface area contributed by atoms with E-state index in [0.29, 0.717) is 13.1 Å². The number of hydrogen-bond acceptors (Lipinski definition) is 4. The van der Waals surface area contributed by atoms with Crippen molar-refractivity contribution < 1.29 is 9.59 Å².